The maximum absolute atomic E-state index is 12.7. The minimum atomic E-state index is -1.09. The second kappa shape index (κ2) is 22.4. The lowest BCUT2D eigenvalue weighted by Gasteiger charge is -2.11. The second-order valence-corrected chi connectivity index (χ2v) is 15.6. The highest BCUT2D eigenvalue weighted by molar-refractivity contribution is 6.31. The first kappa shape index (κ1) is 51.1. The number of nitrogens with zero attached hydrogens (tertiary/aromatic N) is 10. The van der Waals surface area contributed by atoms with E-state index in [2.05, 4.69) is 45.6 Å². The quantitative estimate of drug-likeness (QED) is 0.0975. The molecule has 0 radical (unpaired) electrons. The van der Waals surface area contributed by atoms with Gasteiger partial charge in [0.05, 0.1) is 21.1 Å². The molecule has 6 heterocycles. The van der Waals surface area contributed by atoms with E-state index in [1.807, 2.05) is 82.3 Å². The van der Waals surface area contributed by atoms with Crippen molar-refractivity contribution >= 4 is 93.3 Å². The Hall–Kier alpha value is -6.50. The number of nitrogens with two attached hydrogens (primary N) is 3. The van der Waals surface area contributed by atoms with Crippen LogP contribution in [0.25, 0.3) is 21.8 Å². The average Bonchev–Trinajstić information content (AvgIpc) is 3.77. The van der Waals surface area contributed by atoms with E-state index >= 15 is 0 Å². The number of hydrogen-bond donors (Lipinski definition) is 5. The van der Waals surface area contributed by atoms with Gasteiger partial charge in [-0.2, -0.15) is 0 Å². The van der Waals surface area contributed by atoms with E-state index in [-0.39, 0.29) is 42.4 Å². The van der Waals surface area contributed by atoms with Crippen LogP contribution in [0.4, 0.5) is 11.6 Å². The molecule has 0 saturated carbocycles. The monoisotopic (exact) mass is 960 g/mol. The Labute approximate surface area is 397 Å². The number of nitrogens with one attached hydrogen (secondary N) is 1. The number of carboxylic acids is 1. The number of nitrogen functional groups attached to an aromatic ring is 2. The van der Waals surface area contributed by atoms with Gasteiger partial charge in [0.2, 0.25) is 11.6 Å². The van der Waals surface area contributed by atoms with Gasteiger partial charge in [0, 0.05) is 74.6 Å². The lowest BCUT2D eigenvalue weighted by atomic mass is 10.1. The standard InChI is InChI=1S/C22H22ClN7O.C14H11ClN4O2.C8H13N3.2ClH/c1-12-6-19(24)27-13(2)17(12)11-26-22(31)21-29-28-20(30(21)3)8-14-4-5-18-15(7-14)9-16(23)10-25-18;1-19-12(17-18-13(19)14(20)21)5-8-2-3-11-9(4-8)6-10(15)7-16-11;1-5-3-8(10)11-6(2)7(5)4-9;;/h4-7,9-10H,8,11H2,1-3H3,(H2,24,27)(H,26,31);2-4,6-7H,5H2,1H3,(H,20,21);3H,4,9H2,1-2H3,(H2,10,11);2*1H. The highest BCUT2D eigenvalue weighted by Gasteiger charge is 2.18. The maximum atomic E-state index is 12.7. The van der Waals surface area contributed by atoms with Crippen LogP contribution in [0.2, 0.25) is 10.0 Å². The second-order valence-electron chi connectivity index (χ2n) is 14.8. The summed E-state index contributed by atoms with van der Waals surface area (Å²) in [6, 6.07) is 19.1. The van der Waals surface area contributed by atoms with Gasteiger partial charge in [0.25, 0.3) is 5.91 Å². The van der Waals surface area contributed by atoms with Crippen LogP contribution in [0.15, 0.2) is 73.1 Å². The zero-order valence-electron chi connectivity index (χ0n) is 36.3. The minimum absolute atomic E-state index is 0. The molecule has 0 unspecified atom stereocenters. The molecule has 0 atom stereocenters. The van der Waals surface area contributed by atoms with Crippen molar-refractivity contribution in [2.45, 2.75) is 53.6 Å². The van der Waals surface area contributed by atoms with E-state index in [0.29, 0.717) is 59.3 Å². The number of hydrogen-bond acceptors (Lipinski definition) is 13. The number of carbonyl (C=O) groups is 2. The van der Waals surface area contributed by atoms with Gasteiger partial charge in [-0.15, -0.1) is 45.2 Å². The molecule has 8 N–H and O–H groups in total. The molecule has 21 heteroatoms. The SMILES string of the molecule is Cc1cc(N)nc(C)c1CN.Cc1cc(N)nc(C)c1CNC(=O)c1nnc(Cc2ccc3ncc(Cl)cc3c2)n1C.Cl.Cl.Cn1c(Cc2ccc3ncc(Cl)cc3c2)nnc1C(=O)O. The van der Waals surface area contributed by atoms with Crippen molar-refractivity contribution in [2.75, 3.05) is 11.5 Å². The summed E-state index contributed by atoms with van der Waals surface area (Å²) in [6.45, 7) is 8.60. The van der Waals surface area contributed by atoms with Crippen LogP contribution in [0, 0.1) is 27.7 Å². The number of carboxylic acid groups (broad SMARTS) is 1. The number of carbonyl (C=O) groups excluding carboxylic acids is 1. The lowest BCUT2D eigenvalue weighted by Crippen LogP contribution is -2.27. The number of fused-ring (bicyclic) bond motifs is 2. The molecule has 8 rings (SSSR count). The fourth-order valence-electron chi connectivity index (χ4n) is 6.91. The first-order valence-electron chi connectivity index (χ1n) is 19.5. The molecular formula is C44H48Cl4N14O3. The lowest BCUT2D eigenvalue weighted by molar-refractivity contribution is 0.0678. The van der Waals surface area contributed by atoms with Gasteiger partial charge in [-0.05, 0) is 110 Å². The first-order chi connectivity index (χ1) is 30.0. The maximum Gasteiger partial charge on any atom is 0.374 e. The molecule has 0 aliphatic carbocycles. The van der Waals surface area contributed by atoms with Gasteiger partial charge in [-0.3, -0.25) is 14.8 Å². The first-order valence-corrected chi connectivity index (χ1v) is 20.3. The van der Waals surface area contributed by atoms with Crippen molar-refractivity contribution in [3.8, 4) is 0 Å². The van der Waals surface area contributed by atoms with Gasteiger partial charge in [0.15, 0.2) is 0 Å². The van der Waals surface area contributed by atoms with E-state index < -0.39 is 5.97 Å². The molecule has 0 aliphatic heterocycles. The number of aromatic nitrogens is 10. The molecule has 2 aromatic carbocycles. The van der Waals surface area contributed by atoms with Crippen molar-refractivity contribution < 1.29 is 14.7 Å². The molecule has 1 amide bonds. The van der Waals surface area contributed by atoms with Crippen LogP contribution in [0.5, 0.6) is 0 Å². The number of aromatic carboxylic acids is 1. The number of rotatable bonds is 9. The normalized spacial score (nSPS) is 10.5. The summed E-state index contributed by atoms with van der Waals surface area (Å²) in [7, 11) is 3.42. The number of aryl methyl sites for hydroxylation is 4. The van der Waals surface area contributed by atoms with Crippen molar-refractivity contribution in [1.82, 2.24) is 54.8 Å². The van der Waals surface area contributed by atoms with Crippen molar-refractivity contribution in [1.29, 1.82) is 0 Å². The predicted molar refractivity (Wildman–Crippen MR) is 258 cm³/mol. The third kappa shape index (κ3) is 12.6. The molecule has 6 aromatic heterocycles. The van der Waals surface area contributed by atoms with Crippen LogP contribution in [-0.4, -0.2) is 66.4 Å². The Balaban J connectivity index is 0.000000235. The summed E-state index contributed by atoms with van der Waals surface area (Å²) in [5, 5.41) is 30.8. The Morgan fingerprint density at radius 1 is 0.662 bits per heavy atom. The van der Waals surface area contributed by atoms with E-state index in [1.54, 1.807) is 37.1 Å². The van der Waals surface area contributed by atoms with Crippen LogP contribution in [-0.2, 0) is 40.0 Å². The fraction of sp³-hybridized carbons (Fsp3) is 0.227. The topological polar surface area (TPSA) is 257 Å². The summed E-state index contributed by atoms with van der Waals surface area (Å²) < 4.78 is 3.18. The van der Waals surface area contributed by atoms with Crippen LogP contribution in [0.3, 0.4) is 0 Å². The van der Waals surface area contributed by atoms with Crippen LogP contribution >= 0.6 is 48.0 Å². The van der Waals surface area contributed by atoms with Gasteiger partial charge < -0.3 is 36.8 Å². The summed E-state index contributed by atoms with van der Waals surface area (Å²) in [6.07, 6.45) is 4.24. The van der Waals surface area contributed by atoms with Gasteiger partial charge in [0.1, 0.15) is 23.3 Å². The van der Waals surface area contributed by atoms with Crippen LogP contribution in [0.1, 0.15) is 77.7 Å². The number of amides is 1. The molecule has 0 saturated heterocycles. The Bertz CT molecular complexity index is 2950. The van der Waals surface area contributed by atoms with Gasteiger partial charge in [-0.1, -0.05) is 35.3 Å². The van der Waals surface area contributed by atoms with E-state index in [1.165, 1.54) is 4.57 Å². The Morgan fingerprint density at radius 2 is 1.11 bits per heavy atom. The largest absolute Gasteiger partial charge is 0.475 e. The molecule has 8 aromatic rings. The van der Waals surface area contributed by atoms with Crippen molar-refractivity contribution in [3.63, 3.8) is 0 Å². The highest BCUT2D eigenvalue weighted by Crippen LogP contribution is 2.22. The van der Waals surface area contributed by atoms with Crippen molar-refractivity contribution in [2.24, 2.45) is 19.8 Å². The van der Waals surface area contributed by atoms with E-state index in [0.717, 1.165) is 66.6 Å². The summed E-state index contributed by atoms with van der Waals surface area (Å²) in [4.78, 5) is 40.6. The summed E-state index contributed by atoms with van der Waals surface area (Å²) >= 11 is 12.0. The molecule has 0 aliphatic rings. The van der Waals surface area contributed by atoms with E-state index in [4.69, 9.17) is 45.5 Å². The van der Waals surface area contributed by atoms with E-state index in [9.17, 15) is 9.59 Å². The molecule has 340 valence electrons. The summed E-state index contributed by atoms with van der Waals surface area (Å²) in [5.41, 5.74) is 26.4. The third-order valence-corrected chi connectivity index (χ3v) is 10.7. The Morgan fingerprint density at radius 3 is 1.54 bits per heavy atom. The smallest absolute Gasteiger partial charge is 0.374 e. The van der Waals surface area contributed by atoms with Gasteiger partial charge in [-0.25, -0.2) is 14.8 Å². The predicted octanol–water partition coefficient (Wildman–Crippen LogP) is 7.02. The zero-order valence-corrected chi connectivity index (χ0v) is 39.4. The molecule has 17 nitrogen and oxygen atoms in total. The number of halogens is 4. The Kier molecular flexibility index (Phi) is 17.6. The van der Waals surface area contributed by atoms with Crippen molar-refractivity contribution in [3.05, 3.63) is 151 Å². The summed E-state index contributed by atoms with van der Waals surface area (Å²) in [5.74, 6) is 1.08. The molecule has 0 spiro atoms. The zero-order chi connectivity index (χ0) is 45.5. The van der Waals surface area contributed by atoms with Crippen LogP contribution < -0.4 is 22.5 Å². The number of benzene rings is 2. The molecular weight excluding hydrogens is 914 g/mol. The number of pyridine rings is 4. The number of anilines is 2. The molecule has 65 heavy (non-hydrogen) atoms. The molecule has 0 bridgehead atoms. The third-order valence-electron chi connectivity index (χ3n) is 10.3. The van der Waals surface area contributed by atoms with Gasteiger partial charge >= 0.3 is 5.97 Å². The fourth-order valence-corrected chi connectivity index (χ4v) is 7.24. The average molecular weight is 963 g/mol. The molecule has 0 fully saturated rings. The minimum Gasteiger partial charge on any atom is -0.475 e. The highest BCUT2D eigenvalue weighted by atomic mass is 35.5.